The fourth-order valence-corrected chi connectivity index (χ4v) is 1.98. The van der Waals surface area contributed by atoms with Crippen molar-refractivity contribution in [2.75, 3.05) is 0 Å². The van der Waals surface area contributed by atoms with Gasteiger partial charge in [-0.15, -0.1) is 0 Å². The maximum absolute atomic E-state index is 12.1. The van der Waals surface area contributed by atoms with Crippen LogP contribution in [0.2, 0.25) is 0 Å². The van der Waals surface area contributed by atoms with Crippen molar-refractivity contribution < 1.29 is 15.0 Å². The second-order valence-corrected chi connectivity index (χ2v) is 4.28. The SMILES string of the molecule is CCCC(CCC)C(=O)N(C(C)O)C(C)O. The van der Waals surface area contributed by atoms with Gasteiger partial charge in [0.2, 0.25) is 5.91 Å². The lowest BCUT2D eigenvalue weighted by atomic mass is 9.96. The Hall–Kier alpha value is -0.610. The van der Waals surface area contributed by atoms with Crippen LogP contribution in [-0.2, 0) is 4.79 Å². The van der Waals surface area contributed by atoms with Gasteiger partial charge < -0.3 is 10.2 Å². The average molecular weight is 231 g/mol. The molecule has 0 bridgehead atoms. The number of aliphatic hydroxyl groups is 2. The standard InChI is InChI=1S/C12H25NO3/c1-5-7-11(8-6-2)12(16)13(9(3)14)10(4)15/h9-11,14-15H,5-8H2,1-4H3. The summed E-state index contributed by atoms with van der Waals surface area (Å²) in [4.78, 5) is 13.3. The van der Waals surface area contributed by atoms with Crippen molar-refractivity contribution in [3.8, 4) is 0 Å². The summed E-state index contributed by atoms with van der Waals surface area (Å²) in [6.07, 6.45) is 1.60. The number of hydrogen-bond donors (Lipinski definition) is 2. The van der Waals surface area contributed by atoms with E-state index < -0.39 is 12.5 Å². The number of nitrogens with zero attached hydrogens (tertiary/aromatic N) is 1. The largest absolute Gasteiger partial charge is 0.374 e. The molecule has 0 radical (unpaired) electrons. The summed E-state index contributed by atoms with van der Waals surface area (Å²) in [6.45, 7) is 7.06. The van der Waals surface area contributed by atoms with Gasteiger partial charge in [0.25, 0.3) is 0 Å². The van der Waals surface area contributed by atoms with Crippen molar-refractivity contribution in [2.24, 2.45) is 5.92 Å². The molecular formula is C12H25NO3. The summed E-state index contributed by atoms with van der Waals surface area (Å²) in [5.74, 6) is -0.229. The molecule has 16 heavy (non-hydrogen) atoms. The average Bonchev–Trinajstić information content (AvgIpc) is 2.16. The first-order chi connectivity index (χ1) is 7.45. The number of rotatable bonds is 7. The van der Waals surface area contributed by atoms with Crippen molar-refractivity contribution in [2.45, 2.75) is 65.8 Å². The first kappa shape index (κ1) is 15.4. The summed E-state index contributed by atoms with van der Waals surface area (Å²) in [5, 5.41) is 19.0. The molecule has 0 aliphatic heterocycles. The van der Waals surface area contributed by atoms with Crippen LogP contribution >= 0.6 is 0 Å². The van der Waals surface area contributed by atoms with Crippen molar-refractivity contribution in [3.05, 3.63) is 0 Å². The maximum Gasteiger partial charge on any atom is 0.229 e. The van der Waals surface area contributed by atoms with E-state index in [9.17, 15) is 15.0 Å². The fourth-order valence-electron chi connectivity index (χ4n) is 1.98. The van der Waals surface area contributed by atoms with E-state index in [1.807, 2.05) is 13.8 Å². The van der Waals surface area contributed by atoms with E-state index in [1.54, 1.807) is 0 Å². The molecule has 0 saturated heterocycles. The molecule has 0 aromatic rings. The molecule has 1 amide bonds. The first-order valence-electron chi connectivity index (χ1n) is 6.13. The lowest BCUT2D eigenvalue weighted by molar-refractivity contribution is -0.161. The third kappa shape index (κ3) is 4.49. The monoisotopic (exact) mass is 231 g/mol. The second kappa shape index (κ2) is 7.63. The Morgan fingerprint density at radius 2 is 1.44 bits per heavy atom. The van der Waals surface area contributed by atoms with Crippen LogP contribution in [0.15, 0.2) is 0 Å². The molecule has 0 spiro atoms. The Bertz CT molecular complexity index is 190. The molecule has 4 nitrogen and oxygen atoms in total. The van der Waals surface area contributed by atoms with E-state index in [0.717, 1.165) is 30.6 Å². The minimum Gasteiger partial charge on any atom is -0.374 e. The van der Waals surface area contributed by atoms with E-state index >= 15 is 0 Å². The van der Waals surface area contributed by atoms with Gasteiger partial charge in [-0.3, -0.25) is 9.69 Å². The van der Waals surface area contributed by atoms with Gasteiger partial charge in [-0.25, -0.2) is 0 Å². The topological polar surface area (TPSA) is 60.8 Å². The van der Waals surface area contributed by atoms with E-state index in [4.69, 9.17) is 0 Å². The van der Waals surface area contributed by atoms with Crippen LogP contribution in [0, 0.1) is 5.92 Å². The van der Waals surface area contributed by atoms with Crippen molar-refractivity contribution in [3.63, 3.8) is 0 Å². The van der Waals surface area contributed by atoms with E-state index in [1.165, 1.54) is 13.8 Å². The molecule has 0 aromatic carbocycles. The van der Waals surface area contributed by atoms with E-state index in [2.05, 4.69) is 0 Å². The zero-order chi connectivity index (χ0) is 12.7. The smallest absolute Gasteiger partial charge is 0.229 e. The van der Waals surface area contributed by atoms with Crippen molar-refractivity contribution >= 4 is 5.91 Å². The highest BCUT2D eigenvalue weighted by molar-refractivity contribution is 5.79. The molecule has 0 saturated carbocycles. The van der Waals surface area contributed by atoms with Gasteiger partial charge in [0.05, 0.1) is 0 Å². The number of aliphatic hydroxyl groups excluding tert-OH is 2. The van der Waals surface area contributed by atoms with Crippen LogP contribution in [0.1, 0.15) is 53.4 Å². The third-order valence-electron chi connectivity index (χ3n) is 2.68. The molecule has 0 aliphatic rings. The number of carbonyl (C=O) groups excluding carboxylic acids is 1. The zero-order valence-corrected chi connectivity index (χ0v) is 10.8. The van der Waals surface area contributed by atoms with E-state index in [0.29, 0.717) is 0 Å². The molecule has 0 aromatic heterocycles. The Balaban J connectivity index is 4.66. The summed E-state index contributed by atoms with van der Waals surface area (Å²) in [5.41, 5.74) is 0. The highest BCUT2D eigenvalue weighted by Gasteiger charge is 2.28. The van der Waals surface area contributed by atoms with Gasteiger partial charge in [0, 0.05) is 5.92 Å². The Morgan fingerprint density at radius 3 is 1.69 bits per heavy atom. The Labute approximate surface area is 98.3 Å². The lowest BCUT2D eigenvalue weighted by Gasteiger charge is -2.31. The van der Waals surface area contributed by atoms with Crippen LogP contribution in [0.3, 0.4) is 0 Å². The second-order valence-electron chi connectivity index (χ2n) is 4.28. The van der Waals surface area contributed by atoms with E-state index in [-0.39, 0.29) is 11.8 Å². The Morgan fingerprint density at radius 1 is 1.06 bits per heavy atom. The molecule has 2 atom stereocenters. The van der Waals surface area contributed by atoms with Gasteiger partial charge in [0.1, 0.15) is 12.5 Å². The van der Waals surface area contributed by atoms with Gasteiger partial charge >= 0.3 is 0 Å². The molecule has 0 aliphatic carbocycles. The third-order valence-corrected chi connectivity index (χ3v) is 2.68. The van der Waals surface area contributed by atoms with Crippen LogP contribution in [0.4, 0.5) is 0 Å². The quantitative estimate of drug-likeness (QED) is 0.656. The molecule has 2 N–H and O–H groups in total. The Kier molecular flexibility index (Phi) is 7.34. The normalized spacial score (nSPS) is 14.9. The number of carbonyl (C=O) groups is 1. The summed E-state index contributed by atoms with van der Waals surface area (Å²) in [6, 6.07) is 0. The fraction of sp³-hybridized carbons (Fsp3) is 0.917. The number of amides is 1. The minimum absolute atomic E-state index is 0.0841. The van der Waals surface area contributed by atoms with Gasteiger partial charge in [-0.2, -0.15) is 0 Å². The molecule has 2 unspecified atom stereocenters. The van der Waals surface area contributed by atoms with Crippen LogP contribution in [0.5, 0.6) is 0 Å². The lowest BCUT2D eigenvalue weighted by Crippen LogP contribution is -2.47. The summed E-state index contributed by atoms with van der Waals surface area (Å²) < 4.78 is 0. The molecule has 4 heteroatoms. The predicted molar refractivity (Wildman–Crippen MR) is 63.5 cm³/mol. The van der Waals surface area contributed by atoms with Crippen molar-refractivity contribution in [1.82, 2.24) is 4.90 Å². The van der Waals surface area contributed by atoms with Crippen molar-refractivity contribution in [1.29, 1.82) is 0 Å². The molecule has 0 heterocycles. The first-order valence-corrected chi connectivity index (χ1v) is 6.13. The van der Waals surface area contributed by atoms with Gasteiger partial charge in [-0.1, -0.05) is 26.7 Å². The summed E-state index contributed by atoms with van der Waals surface area (Å²) >= 11 is 0. The predicted octanol–water partition coefficient (Wildman–Crippen LogP) is 1.71. The zero-order valence-electron chi connectivity index (χ0n) is 10.8. The molecule has 0 fully saturated rings. The van der Waals surface area contributed by atoms with Gasteiger partial charge in [-0.05, 0) is 26.7 Å². The molecular weight excluding hydrogens is 206 g/mol. The van der Waals surface area contributed by atoms with Gasteiger partial charge in [0.15, 0.2) is 0 Å². The van der Waals surface area contributed by atoms with Crippen LogP contribution in [0.25, 0.3) is 0 Å². The van der Waals surface area contributed by atoms with Crippen LogP contribution in [-0.4, -0.2) is 33.5 Å². The minimum atomic E-state index is -0.941. The molecule has 96 valence electrons. The maximum atomic E-state index is 12.1. The van der Waals surface area contributed by atoms with Crippen LogP contribution < -0.4 is 0 Å². The summed E-state index contributed by atoms with van der Waals surface area (Å²) in [7, 11) is 0. The highest BCUT2D eigenvalue weighted by Crippen LogP contribution is 2.19. The molecule has 0 rings (SSSR count). The highest BCUT2D eigenvalue weighted by atomic mass is 16.3. The number of hydrogen-bond acceptors (Lipinski definition) is 3.